The van der Waals surface area contributed by atoms with Gasteiger partial charge in [-0.15, -0.1) is 0 Å². The van der Waals surface area contributed by atoms with E-state index in [4.69, 9.17) is 0 Å². The van der Waals surface area contributed by atoms with Crippen LogP contribution in [-0.4, -0.2) is 33.8 Å². The molecule has 2 N–H and O–H groups in total. The highest BCUT2D eigenvalue weighted by Crippen LogP contribution is 2.31. The molecule has 6 nitrogen and oxygen atoms in total. The van der Waals surface area contributed by atoms with E-state index in [1.54, 1.807) is 26.0 Å². The molecule has 3 aromatic rings. The Morgan fingerprint density at radius 1 is 0.939 bits per heavy atom. The number of nitrogens with zero attached hydrogens (tertiary/aromatic N) is 1. The van der Waals surface area contributed by atoms with E-state index >= 15 is 0 Å². The number of aryl methyl sites for hydroxylation is 1. The zero-order valence-electron chi connectivity index (χ0n) is 18.8. The molecule has 0 saturated carbocycles. The number of amides is 2. The van der Waals surface area contributed by atoms with Crippen molar-refractivity contribution < 1.29 is 19.5 Å². The summed E-state index contributed by atoms with van der Waals surface area (Å²) in [5.74, 6) is -1.61. The summed E-state index contributed by atoms with van der Waals surface area (Å²) >= 11 is 0. The highest BCUT2D eigenvalue weighted by Gasteiger charge is 2.38. The van der Waals surface area contributed by atoms with Crippen LogP contribution in [0.3, 0.4) is 0 Å². The van der Waals surface area contributed by atoms with Crippen LogP contribution >= 0.6 is 0 Å². The summed E-state index contributed by atoms with van der Waals surface area (Å²) in [6, 6.07) is 19.6. The van der Waals surface area contributed by atoms with Gasteiger partial charge in [-0.2, -0.15) is 0 Å². The molecule has 168 valence electrons. The Kier molecular flexibility index (Phi) is 6.01. The van der Waals surface area contributed by atoms with Crippen LogP contribution in [0.2, 0.25) is 0 Å². The summed E-state index contributed by atoms with van der Waals surface area (Å²) in [6.45, 7) is 5.88. The lowest BCUT2D eigenvalue weighted by atomic mass is 10.00. The quantitative estimate of drug-likeness (QED) is 0.564. The average Bonchev–Trinajstić information content (AvgIpc) is 3.09. The minimum absolute atomic E-state index is 0.177. The number of rotatable bonds is 6. The number of anilines is 1. The van der Waals surface area contributed by atoms with Gasteiger partial charge in [0.05, 0.1) is 0 Å². The number of hydrogen-bond donors (Lipinski definition) is 2. The molecule has 1 aliphatic heterocycles. The minimum atomic E-state index is -0.991. The monoisotopic (exact) mass is 442 g/mol. The Morgan fingerprint density at radius 3 is 2.18 bits per heavy atom. The summed E-state index contributed by atoms with van der Waals surface area (Å²) < 4.78 is 0. The van der Waals surface area contributed by atoms with Crippen molar-refractivity contribution in [2.24, 2.45) is 5.92 Å². The summed E-state index contributed by atoms with van der Waals surface area (Å²) in [5, 5.41) is 12.5. The first-order valence-corrected chi connectivity index (χ1v) is 10.9. The van der Waals surface area contributed by atoms with Crippen molar-refractivity contribution in [2.45, 2.75) is 33.4 Å². The van der Waals surface area contributed by atoms with Gasteiger partial charge in [-0.05, 0) is 59.9 Å². The van der Waals surface area contributed by atoms with Gasteiger partial charge in [0.2, 0.25) is 0 Å². The number of carbonyl (C=O) groups excluding carboxylic acids is 2. The summed E-state index contributed by atoms with van der Waals surface area (Å²) in [7, 11) is 0. The van der Waals surface area contributed by atoms with E-state index in [-0.39, 0.29) is 17.7 Å². The second-order valence-electron chi connectivity index (χ2n) is 8.73. The Bertz CT molecular complexity index is 1210. The molecular formula is C27H26N2O4. The first-order valence-electron chi connectivity index (χ1n) is 10.9. The van der Waals surface area contributed by atoms with Crippen molar-refractivity contribution in [1.29, 1.82) is 0 Å². The van der Waals surface area contributed by atoms with E-state index in [0.717, 1.165) is 22.3 Å². The first kappa shape index (κ1) is 22.3. The fourth-order valence-corrected chi connectivity index (χ4v) is 4.16. The largest absolute Gasteiger partial charge is 0.480 e. The molecule has 0 saturated heterocycles. The van der Waals surface area contributed by atoms with Crippen molar-refractivity contribution in [2.75, 3.05) is 5.32 Å². The lowest BCUT2D eigenvalue weighted by Gasteiger charge is -2.27. The summed E-state index contributed by atoms with van der Waals surface area (Å²) in [4.78, 5) is 38.5. The number of fused-ring (bicyclic) bond motifs is 1. The van der Waals surface area contributed by atoms with E-state index < -0.39 is 12.0 Å². The van der Waals surface area contributed by atoms with Crippen LogP contribution in [0.5, 0.6) is 0 Å². The van der Waals surface area contributed by atoms with Gasteiger partial charge in [0.15, 0.2) is 0 Å². The molecule has 6 heteroatoms. The van der Waals surface area contributed by atoms with Gasteiger partial charge in [-0.25, -0.2) is 4.79 Å². The van der Waals surface area contributed by atoms with Gasteiger partial charge in [0.1, 0.15) is 6.04 Å². The van der Waals surface area contributed by atoms with Crippen molar-refractivity contribution in [1.82, 2.24) is 4.90 Å². The number of carbonyl (C=O) groups is 3. The number of carboxylic acid groups (broad SMARTS) is 1. The van der Waals surface area contributed by atoms with Crippen molar-refractivity contribution in [3.8, 4) is 11.1 Å². The van der Waals surface area contributed by atoms with Crippen molar-refractivity contribution in [3.63, 3.8) is 0 Å². The zero-order chi connectivity index (χ0) is 23.7. The van der Waals surface area contributed by atoms with E-state index in [0.29, 0.717) is 23.4 Å². The maximum Gasteiger partial charge on any atom is 0.326 e. The van der Waals surface area contributed by atoms with Crippen LogP contribution in [0.1, 0.15) is 45.7 Å². The molecule has 0 unspecified atom stereocenters. The van der Waals surface area contributed by atoms with Crippen molar-refractivity contribution >= 4 is 23.5 Å². The highest BCUT2D eigenvalue weighted by atomic mass is 16.4. The molecule has 0 fully saturated rings. The second kappa shape index (κ2) is 8.90. The maximum absolute atomic E-state index is 13.0. The molecule has 0 bridgehead atoms. The lowest BCUT2D eigenvalue weighted by molar-refractivity contribution is -0.144. The van der Waals surface area contributed by atoms with Crippen LogP contribution in [0.4, 0.5) is 5.69 Å². The van der Waals surface area contributed by atoms with E-state index in [2.05, 4.69) is 5.32 Å². The normalized spacial score (nSPS) is 13.7. The number of hydrogen-bond acceptors (Lipinski definition) is 3. The van der Waals surface area contributed by atoms with E-state index in [1.807, 2.05) is 61.5 Å². The number of benzene rings is 3. The third kappa shape index (κ3) is 4.51. The molecular weight excluding hydrogens is 416 g/mol. The summed E-state index contributed by atoms with van der Waals surface area (Å²) in [5.41, 5.74) is 5.48. The highest BCUT2D eigenvalue weighted by molar-refractivity contribution is 6.04. The molecule has 4 rings (SSSR count). The minimum Gasteiger partial charge on any atom is -0.480 e. The Balaban J connectivity index is 1.51. The Hall–Kier alpha value is -3.93. The van der Waals surface area contributed by atoms with Crippen LogP contribution in [0, 0.1) is 12.8 Å². The van der Waals surface area contributed by atoms with Gasteiger partial charge >= 0.3 is 5.97 Å². The third-order valence-electron chi connectivity index (χ3n) is 5.95. The molecule has 2 amide bonds. The molecule has 1 aliphatic rings. The van der Waals surface area contributed by atoms with Crippen LogP contribution < -0.4 is 5.32 Å². The second-order valence-corrected chi connectivity index (χ2v) is 8.73. The van der Waals surface area contributed by atoms with E-state index in [1.165, 1.54) is 4.90 Å². The molecule has 0 spiro atoms. The predicted molar refractivity (Wildman–Crippen MR) is 127 cm³/mol. The van der Waals surface area contributed by atoms with Crippen molar-refractivity contribution in [3.05, 3.63) is 89.0 Å². The number of aliphatic carboxylic acids is 1. The van der Waals surface area contributed by atoms with E-state index in [9.17, 15) is 19.5 Å². The lowest BCUT2D eigenvalue weighted by Crippen LogP contribution is -2.44. The SMILES string of the molecule is Cc1ccc(C(=O)Nc2ccc(-c3ccc4c(c3)C(=O)N([C@H](C(=O)O)C(C)C)C4)cc2)cc1. The van der Waals surface area contributed by atoms with Crippen LogP contribution in [0.25, 0.3) is 11.1 Å². The standard InChI is InChI=1S/C27H26N2O4/c1-16(2)24(27(32)33)29-15-21-9-8-20(14-23(21)26(29)31)18-10-12-22(13-11-18)28-25(30)19-6-4-17(3)5-7-19/h4-14,16,24H,15H2,1-3H3,(H,28,30)(H,32,33)/t24-/m0/s1. The molecule has 1 atom stereocenters. The smallest absolute Gasteiger partial charge is 0.326 e. The maximum atomic E-state index is 13.0. The van der Waals surface area contributed by atoms with Gasteiger partial charge in [-0.3, -0.25) is 9.59 Å². The van der Waals surface area contributed by atoms with Crippen LogP contribution in [0.15, 0.2) is 66.7 Å². The Labute approximate surface area is 192 Å². The summed E-state index contributed by atoms with van der Waals surface area (Å²) in [6.07, 6.45) is 0. The average molecular weight is 443 g/mol. The topological polar surface area (TPSA) is 86.7 Å². The molecule has 1 heterocycles. The van der Waals surface area contributed by atoms with Crippen LogP contribution in [-0.2, 0) is 11.3 Å². The zero-order valence-corrected chi connectivity index (χ0v) is 18.8. The molecule has 0 radical (unpaired) electrons. The fraction of sp³-hybridized carbons (Fsp3) is 0.222. The van der Waals surface area contributed by atoms with Gasteiger partial charge < -0.3 is 15.3 Å². The first-order chi connectivity index (χ1) is 15.7. The molecule has 33 heavy (non-hydrogen) atoms. The number of nitrogens with one attached hydrogen (secondary N) is 1. The molecule has 0 aromatic heterocycles. The van der Waals surface area contributed by atoms with Gasteiger partial charge in [0.25, 0.3) is 11.8 Å². The third-order valence-corrected chi connectivity index (χ3v) is 5.95. The van der Waals surface area contributed by atoms with Gasteiger partial charge in [-0.1, -0.05) is 55.8 Å². The predicted octanol–water partition coefficient (Wildman–Crippen LogP) is 4.98. The molecule has 3 aromatic carbocycles. The molecule has 0 aliphatic carbocycles. The van der Waals surface area contributed by atoms with Gasteiger partial charge in [0, 0.05) is 23.4 Å². The fourth-order valence-electron chi connectivity index (χ4n) is 4.16. The number of carboxylic acids is 1. The Morgan fingerprint density at radius 2 is 1.58 bits per heavy atom.